The van der Waals surface area contributed by atoms with E-state index in [-0.39, 0.29) is 6.54 Å². The van der Waals surface area contributed by atoms with E-state index < -0.39 is 10.0 Å². The lowest BCUT2D eigenvalue weighted by molar-refractivity contribution is 0.364. The summed E-state index contributed by atoms with van der Waals surface area (Å²) in [4.78, 5) is 3.41. The van der Waals surface area contributed by atoms with Crippen LogP contribution in [-0.2, 0) is 16.6 Å². The van der Waals surface area contributed by atoms with Crippen molar-refractivity contribution in [2.24, 2.45) is 5.73 Å². The van der Waals surface area contributed by atoms with Gasteiger partial charge in [-0.25, -0.2) is 13.4 Å². The summed E-state index contributed by atoms with van der Waals surface area (Å²) in [5, 5.41) is 2.12. The van der Waals surface area contributed by atoms with Crippen LogP contribution in [0.4, 0.5) is 0 Å². The molecule has 1 aromatic heterocycles. The minimum atomic E-state index is -3.58. The zero-order valence-corrected chi connectivity index (χ0v) is 11.8. The summed E-state index contributed by atoms with van der Waals surface area (Å²) in [6.45, 7) is 0.211. The summed E-state index contributed by atoms with van der Waals surface area (Å²) in [6, 6.07) is 7.40. The van der Waals surface area contributed by atoms with Crippen LogP contribution in [0.1, 0.15) is 4.88 Å². The SMILES string of the molecule is CN(C)NS(=O)(=O)c1c(CN)sc2ccccc12. The summed E-state index contributed by atoms with van der Waals surface area (Å²) in [7, 11) is -0.313. The average molecular weight is 285 g/mol. The topological polar surface area (TPSA) is 75.4 Å². The highest BCUT2D eigenvalue weighted by atomic mass is 32.2. The molecule has 7 heteroatoms. The van der Waals surface area contributed by atoms with Crippen LogP contribution in [0.2, 0.25) is 0 Å². The molecule has 0 atom stereocenters. The number of rotatable bonds is 4. The summed E-state index contributed by atoms with van der Waals surface area (Å²) < 4.78 is 25.5. The Kier molecular flexibility index (Phi) is 3.69. The van der Waals surface area contributed by atoms with E-state index in [1.807, 2.05) is 18.2 Å². The summed E-state index contributed by atoms with van der Waals surface area (Å²) >= 11 is 1.42. The molecule has 0 aliphatic heterocycles. The minimum Gasteiger partial charge on any atom is -0.326 e. The van der Waals surface area contributed by atoms with Crippen LogP contribution in [-0.4, -0.2) is 27.5 Å². The van der Waals surface area contributed by atoms with Gasteiger partial charge in [0.1, 0.15) is 4.90 Å². The number of hydrazine groups is 1. The van der Waals surface area contributed by atoms with Crippen molar-refractivity contribution in [3.63, 3.8) is 0 Å². The van der Waals surface area contributed by atoms with Gasteiger partial charge in [0.05, 0.1) is 0 Å². The predicted molar refractivity (Wildman–Crippen MR) is 73.7 cm³/mol. The van der Waals surface area contributed by atoms with Gasteiger partial charge < -0.3 is 5.73 Å². The van der Waals surface area contributed by atoms with Gasteiger partial charge in [-0.2, -0.15) is 0 Å². The van der Waals surface area contributed by atoms with Crippen molar-refractivity contribution < 1.29 is 8.42 Å². The van der Waals surface area contributed by atoms with Crippen LogP contribution in [0.25, 0.3) is 10.1 Å². The van der Waals surface area contributed by atoms with Crippen LogP contribution in [0, 0.1) is 0 Å². The standard InChI is InChI=1S/C11H15N3O2S2/c1-14(2)13-18(15,16)11-8-5-3-4-6-9(8)17-10(11)7-12/h3-6,13H,7,12H2,1-2H3. The number of benzene rings is 1. The highest BCUT2D eigenvalue weighted by Crippen LogP contribution is 2.34. The zero-order valence-electron chi connectivity index (χ0n) is 10.2. The molecule has 0 saturated carbocycles. The lowest BCUT2D eigenvalue weighted by atomic mass is 10.2. The first kappa shape index (κ1) is 13.4. The Morgan fingerprint density at radius 1 is 1.33 bits per heavy atom. The van der Waals surface area contributed by atoms with Crippen molar-refractivity contribution in [2.45, 2.75) is 11.4 Å². The average Bonchev–Trinajstić information content (AvgIpc) is 2.66. The Morgan fingerprint density at radius 2 is 2.00 bits per heavy atom. The molecule has 0 saturated heterocycles. The number of nitrogens with one attached hydrogen (secondary N) is 1. The Balaban J connectivity index is 2.69. The monoisotopic (exact) mass is 285 g/mol. The third kappa shape index (κ3) is 2.40. The molecule has 0 aliphatic rings. The van der Waals surface area contributed by atoms with Crippen molar-refractivity contribution >= 4 is 31.4 Å². The van der Waals surface area contributed by atoms with Gasteiger partial charge in [0, 0.05) is 35.6 Å². The third-order valence-electron chi connectivity index (χ3n) is 2.37. The predicted octanol–water partition coefficient (Wildman–Crippen LogP) is 1.11. The molecular weight excluding hydrogens is 270 g/mol. The molecular formula is C11H15N3O2S2. The molecule has 0 unspecified atom stereocenters. The van der Waals surface area contributed by atoms with Gasteiger partial charge in [0.25, 0.3) is 10.0 Å². The number of hydrogen-bond donors (Lipinski definition) is 2. The molecule has 0 amide bonds. The van der Waals surface area contributed by atoms with Gasteiger partial charge >= 0.3 is 0 Å². The van der Waals surface area contributed by atoms with E-state index in [2.05, 4.69) is 4.83 Å². The Morgan fingerprint density at radius 3 is 2.61 bits per heavy atom. The first-order valence-electron chi connectivity index (χ1n) is 5.36. The van der Waals surface area contributed by atoms with E-state index in [0.29, 0.717) is 9.77 Å². The van der Waals surface area contributed by atoms with Crippen LogP contribution in [0.3, 0.4) is 0 Å². The van der Waals surface area contributed by atoms with Gasteiger partial charge in [-0.3, -0.25) is 0 Å². The zero-order chi connectivity index (χ0) is 13.3. The fourth-order valence-corrected chi connectivity index (χ4v) is 4.71. The van der Waals surface area contributed by atoms with Gasteiger partial charge in [0.15, 0.2) is 0 Å². The second-order valence-electron chi connectivity index (χ2n) is 4.04. The fraction of sp³-hybridized carbons (Fsp3) is 0.273. The van der Waals surface area contributed by atoms with E-state index in [1.54, 1.807) is 20.2 Å². The minimum absolute atomic E-state index is 0.211. The van der Waals surface area contributed by atoms with Crippen LogP contribution in [0.5, 0.6) is 0 Å². The third-order valence-corrected chi connectivity index (χ3v) is 5.31. The van der Waals surface area contributed by atoms with E-state index in [9.17, 15) is 8.42 Å². The molecule has 0 bridgehead atoms. The summed E-state index contributed by atoms with van der Waals surface area (Å²) in [6.07, 6.45) is 0. The molecule has 3 N–H and O–H groups in total. The molecule has 1 aromatic carbocycles. The molecule has 18 heavy (non-hydrogen) atoms. The van der Waals surface area contributed by atoms with Crippen LogP contribution in [0.15, 0.2) is 29.2 Å². The van der Waals surface area contributed by atoms with Gasteiger partial charge in [-0.05, 0) is 6.07 Å². The molecule has 2 aromatic rings. The van der Waals surface area contributed by atoms with E-state index >= 15 is 0 Å². The number of fused-ring (bicyclic) bond motifs is 1. The second-order valence-corrected chi connectivity index (χ2v) is 6.78. The normalized spacial score (nSPS) is 12.4. The van der Waals surface area contributed by atoms with Gasteiger partial charge in [-0.15, -0.1) is 16.2 Å². The molecule has 0 radical (unpaired) electrons. The van der Waals surface area contributed by atoms with Crippen molar-refractivity contribution in [1.29, 1.82) is 0 Å². The number of nitrogens with two attached hydrogens (primary N) is 1. The molecule has 0 spiro atoms. The molecule has 5 nitrogen and oxygen atoms in total. The Labute approximate surface area is 110 Å². The first-order valence-corrected chi connectivity index (χ1v) is 7.66. The smallest absolute Gasteiger partial charge is 0.255 e. The van der Waals surface area contributed by atoms with E-state index in [4.69, 9.17) is 5.73 Å². The maximum absolute atomic E-state index is 12.3. The van der Waals surface area contributed by atoms with Crippen LogP contribution < -0.4 is 10.6 Å². The fourth-order valence-electron chi connectivity index (χ4n) is 1.79. The molecule has 2 rings (SSSR count). The summed E-state index contributed by atoms with van der Waals surface area (Å²) in [5.41, 5.74) is 5.65. The van der Waals surface area contributed by atoms with E-state index in [0.717, 1.165) is 10.1 Å². The highest BCUT2D eigenvalue weighted by Gasteiger charge is 2.24. The van der Waals surface area contributed by atoms with E-state index in [1.165, 1.54) is 16.3 Å². The second kappa shape index (κ2) is 4.94. The van der Waals surface area contributed by atoms with Crippen LogP contribution >= 0.6 is 11.3 Å². The quantitative estimate of drug-likeness (QED) is 0.825. The maximum Gasteiger partial charge on any atom is 0.255 e. The lowest BCUT2D eigenvalue weighted by Gasteiger charge is -2.13. The Hall–Kier alpha value is -0.990. The van der Waals surface area contributed by atoms with Gasteiger partial charge in [0.2, 0.25) is 0 Å². The number of sulfonamides is 1. The van der Waals surface area contributed by atoms with Gasteiger partial charge in [-0.1, -0.05) is 18.2 Å². The van der Waals surface area contributed by atoms with Crippen molar-refractivity contribution in [3.05, 3.63) is 29.1 Å². The largest absolute Gasteiger partial charge is 0.326 e. The highest BCUT2D eigenvalue weighted by molar-refractivity contribution is 7.90. The van der Waals surface area contributed by atoms with Crippen molar-refractivity contribution in [1.82, 2.24) is 9.84 Å². The Bertz CT molecular complexity index is 662. The molecule has 0 aliphatic carbocycles. The molecule has 98 valence electrons. The number of thiophene rings is 1. The number of nitrogens with zero attached hydrogens (tertiary/aromatic N) is 1. The maximum atomic E-state index is 12.3. The van der Waals surface area contributed by atoms with Crippen molar-refractivity contribution in [3.8, 4) is 0 Å². The summed E-state index contributed by atoms with van der Waals surface area (Å²) in [5.74, 6) is 0. The lowest BCUT2D eigenvalue weighted by Crippen LogP contribution is -2.36. The molecule has 1 heterocycles. The molecule has 0 fully saturated rings. The first-order chi connectivity index (χ1) is 8.45. The van der Waals surface area contributed by atoms with Crippen molar-refractivity contribution in [2.75, 3.05) is 14.1 Å². The number of hydrogen-bond acceptors (Lipinski definition) is 5.